The molecule has 2 N–H and O–H groups in total. The molecule has 0 saturated heterocycles. The Kier molecular flexibility index (Phi) is 3.77. The highest BCUT2D eigenvalue weighted by Gasteiger charge is 2.11. The van der Waals surface area contributed by atoms with E-state index >= 15 is 0 Å². The van der Waals surface area contributed by atoms with Crippen LogP contribution in [0.15, 0.2) is 18.2 Å². The summed E-state index contributed by atoms with van der Waals surface area (Å²) in [6.07, 6.45) is 0.640. The third-order valence-electron chi connectivity index (χ3n) is 2.31. The molecular formula is C10H15F2NSi. The van der Waals surface area contributed by atoms with Crippen molar-refractivity contribution >= 4 is 8.80 Å². The maximum Gasteiger partial charge on any atom is 0.159 e. The van der Waals surface area contributed by atoms with Crippen LogP contribution < -0.4 is 5.73 Å². The summed E-state index contributed by atoms with van der Waals surface area (Å²) in [7, 11) is -0.901. The lowest BCUT2D eigenvalue weighted by Crippen LogP contribution is -2.35. The van der Waals surface area contributed by atoms with Crippen LogP contribution in [0.3, 0.4) is 0 Å². The molecule has 0 radical (unpaired) electrons. The summed E-state index contributed by atoms with van der Waals surface area (Å²) in [4.78, 5) is 0. The van der Waals surface area contributed by atoms with Gasteiger partial charge in [0.2, 0.25) is 0 Å². The monoisotopic (exact) mass is 215 g/mol. The molecular weight excluding hydrogens is 200 g/mol. The van der Waals surface area contributed by atoms with E-state index in [4.69, 9.17) is 5.73 Å². The fraction of sp³-hybridized carbons (Fsp3) is 0.400. The Morgan fingerprint density at radius 2 is 1.93 bits per heavy atom. The Morgan fingerprint density at radius 1 is 1.29 bits per heavy atom. The maximum absolute atomic E-state index is 12.8. The van der Waals surface area contributed by atoms with E-state index in [9.17, 15) is 8.78 Å². The van der Waals surface area contributed by atoms with Crippen molar-refractivity contribution in [2.24, 2.45) is 5.73 Å². The minimum absolute atomic E-state index is 0.125. The van der Waals surface area contributed by atoms with E-state index < -0.39 is 20.4 Å². The SMILES string of the molecule is C[SiH](C)C(N)Cc1ccc(F)c(F)c1. The van der Waals surface area contributed by atoms with Crippen LogP contribution in [-0.4, -0.2) is 14.5 Å². The highest BCUT2D eigenvalue weighted by molar-refractivity contribution is 6.57. The van der Waals surface area contributed by atoms with Crippen molar-refractivity contribution in [3.63, 3.8) is 0 Å². The molecule has 0 bridgehead atoms. The predicted octanol–water partition coefficient (Wildman–Crippen LogP) is 1.86. The minimum atomic E-state index is -0.901. The number of hydrogen-bond donors (Lipinski definition) is 1. The van der Waals surface area contributed by atoms with Gasteiger partial charge in [0, 0.05) is 0 Å². The first-order chi connectivity index (χ1) is 6.50. The molecule has 1 rings (SSSR count). The minimum Gasteiger partial charge on any atom is -0.330 e. The molecule has 1 atom stereocenters. The van der Waals surface area contributed by atoms with Gasteiger partial charge in [-0.1, -0.05) is 19.2 Å². The molecule has 0 aliphatic heterocycles. The number of hydrogen-bond acceptors (Lipinski definition) is 1. The summed E-state index contributed by atoms with van der Waals surface area (Å²) >= 11 is 0. The second-order valence-corrected chi connectivity index (χ2v) is 7.20. The van der Waals surface area contributed by atoms with E-state index in [1.54, 1.807) is 6.07 Å². The Labute approximate surface area is 84.5 Å². The van der Waals surface area contributed by atoms with Crippen molar-refractivity contribution in [1.82, 2.24) is 0 Å². The highest BCUT2D eigenvalue weighted by atomic mass is 28.3. The fourth-order valence-electron chi connectivity index (χ4n) is 1.17. The first-order valence-corrected chi connectivity index (χ1v) is 7.68. The van der Waals surface area contributed by atoms with Gasteiger partial charge < -0.3 is 5.73 Å². The molecule has 1 aromatic rings. The Hall–Kier alpha value is -0.743. The van der Waals surface area contributed by atoms with Crippen molar-refractivity contribution in [2.45, 2.75) is 25.2 Å². The Morgan fingerprint density at radius 3 is 2.43 bits per heavy atom. The van der Waals surface area contributed by atoms with E-state index in [0.717, 1.165) is 11.6 Å². The molecule has 0 aliphatic carbocycles. The first-order valence-electron chi connectivity index (χ1n) is 4.70. The summed E-state index contributed by atoms with van der Waals surface area (Å²) in [5.74, 6) is -1.59. The van der Waals surface area contributed by atoms with Crippen LogP contribution in [0.25, 0.3) is 0 Å². The molecule has 14 heavy (non-hydrogen) atoms. The van der Waals surface area contributed by atoms with Crippen molar-refractivity contribution < 1.29 is 8.78 Å². The molecule has 78 valence electrons. The lowest BCUT2D eigenvalue weighted by molar-refractivity contribution is 0.507. The molecule has 0 fully saturated rings. The van der Waals surface area contributed by atoms with E-state index in [0.29, 0.717) is 6.42 Å². The summed E-state index contributed by atoms with van der Waals surface area (Å²) in [5, 5.41) is 0. The molecule has 0 saturated carbocycles. The first kappa shape index (κ1) is 11.3. The van der Waals surface area contributed by atoms with Crippen LogP contribution in [-0.2, 0) is 6.42 Å². The predicted molar refractivity (Wildman–Crippen MR) is 56.9 cm³/mol. The van der Waals surface area contributed by atoms with Gasteiger partial charge >= 0.3 is 0 Å². The zero-order chi connectivity index (χ0) is 10.7. The quantitative estimate of drug-likeness (QED) is 0.765. The van der Waals surface area contributed by atoms with Crippen LogP contribution in [0.2, 0.25) is 13.1 Å². The van der Waals surface area contributed by atoms with Gasteiger partial charge in [-0.3, -0.25) is 0 Å². The highest BCUT2D eigenvalue weighted by Crippen LogP contribution is 2.10. The van der Waals surface area contributed by atoms with Crippen molar-refractivity contribution in [3.8, 4) is 0 Å². The van der Waals surface area contributed by atoms with Gasteiger partial charge in [0.1, 0.15) is 0 Å². The lowest BCUT2D eigenvalue weighted by Gasteiger charge is -2.14. The molecule has 0 heterocycles. The zero-order valence-corrected chi connectivity index (χ0v) is 9.58. The van der Waals surface area contributed by atoms with E-state index in [-0.39, 0.29) is 5.67 Å². The zero-order valence-electron chi connectivity index (χ0n) is 8.43. The van der Waals surface area contributed by atoms with Crippen molar-refractivity contribution in [2.75, 3.05) is 0 Å². The second-order valence-electron chi connectivity index (χ2n) is 3.86. The molecule has 1 unspecified atom stereocenters. The molecule has 0 spiro atoms. The largest absolute Gasteiger partial charge is 0.330 e. The van der Waals surface area contributed by atoms with Crippen molar-refractivity contribution in [3.05, 3.63) is 35.4 Å². The molecule has 1 aromatic carbocycles. The third kappa shape index (κ3) is 2.89. The molecule has 0 aliphatic rings. The van der Waals surface area contributed by atoms with Gasteiger partial charge in [-0.15, -0.1) is 0 Å². The lowest BCUT2D eigenvalue weighted by atomic mass is 10.1. The molecule has 1 nitrogen and oxygen atoms in total. The van der Waals surface area contributed by atoms with Gasteiger partial charge in [0.15, 0.2) is 11.6 Å². The maximum atomic E-state index is 12.8. The Bertz CT molecular complexity index is 315. The molecule has 0 aromatic heterocycles. The topological polar surface area (TPSA) is 26.0 Å². The van der Waals surface area contributed by atoms with Crippen LogP contribution in [0.5, 0.6) is 0 Å². The van der Waals surface area contributed by atoms with E-state index in [1.807, 2.05) is 0 Å². The van der Waals surface area contributed by atoms with E-state index in [2.05, 4.69) is 13.1 Å². The average molecular weight is 215 g/mol. The summed E-state index contributed by atoms with van der Waals surface area (Å²) in [6.45, 7) is 4.29. The summed E-state index contributed by atoms with van der Waals surface area (Å²) in [5.41, 5.74) is 6.78. The number of halogens is 2. The summed E-state index contributed by atoms with van der Waals surface area (Å²) < 4.78 is 25.4. The summed E-state index contributed by atoms with van der Waals surface area (Å²) in [6, 6.07) is 3.97. The van der Waals surface area contributed by atoms with Crippen LogP contribution in [0, 0.1) is 11.6 Å². The number of benzene rings is 1. The molecule has 4 heteroatoms. The van der Waals surface area contributed by atoms with Crippen molar-refractivity contribution in [1.29, 1.82) is 0 Å². The smallest absolute Gasteiger partial charge is 0.159 e. The second kappa shape index (κ2) is 4.66. The van der Waals surface area contributed by atoms with Crippen LogP contribution in [0.1, 0.15) is 5.56 Å². The Balaban J connectivity index is 2.73. The molecule has 0 amide bonds. The normalized spacial score (nSPS) is 13.3. The van der Waals surface area contributed by atoms with Gasteiger partial charge in [-0.05, 0) is 29.8 Å². The number of rotatable bonds is 3. The van der Waals surface area contributed by atoms with Crippen LogP contribution in [0.4, 0.5) is 8.78 Å². The van der Waals surface area contributed by atoms with Gasteiger partial charge in [0.05, 0.1) is 8.80 Å². The van der Waals surface area contributed by atoms with Gasteiger partial charge in [-0.25, -0.2) is 8.78 Å². The number of nitrogens with two attached hydrogens (primary N) is 1. The van der Waals surface area contributed by atoms with E-state index in [1.165, 1.54) is 6.07 Å². The van der Waals surface area contributed by atoms with Crippen LogP contribution >= 0.6 is 0 Å². The standard InChI is InChI=1S/C10H15F2NSi/c1-14(2)10(13)6-7-3-4-8(11)9(12)5-7/h3-5,10,14H,6,13H2,1-2H3. The fourth-order valence-corrected chi connectivity index (χ4v) is 1.92. The third-order valence-corrected chi connectivity index (χ3v) is 4.26. The van der Waals surface area contributed by atoms with Gasteiger partial charge in [0.25, 0.3) is 0 Å². The average Bonchev–Trinajstić information content (AvgIpc) is 2.11. The van der Waals surface area contributed by atoms with Gasteiger partial charge in [-0.2, -0.15) is 0 Å².